The van der Waals surface area contributed by atoms with Gasteiger partial charge < -0.3 is 19.8 Å². The second-order valence-electron chi connectivity index (χ2n) is 3.39. The van der Waals surface area contributed by atoms with Crippen molar-refractivity contribution in [3.05, 3.63) is 23.8 Å². The lowest BCUT2D eigenvalue weighted by atomic mass is 10.1. The fourth-order valence-electron chi connectivity index (χ4n) is 1.24. The summed E-state index contributed by atoms with van der Waals surface area (Å²) >= 11 is 0. The second kappa shape index (κ2) is 5.37. The number of benzene rings is 1. The summed E-state index contributed by atoms with van der Waals surface area (Å²) in [6, 6.07) is 4.29. The molecule has 1 aromatic rings. The summed E-state index contributed by atoms with van der Waals surface area (Å²) in [5.74, 6) is -1.05. The number of hydrogen-bond acceptors (Lipinski definition) is 4. The molecule has 88 valence electrons. The van der Waals surface area contributed by atoms with Crippen molar-refractivity contribution >= 4 is 5.91 Å². The number of phenols is 2. The van der Waals surface area contributed by atoms with Crippen molar-refractivity contribution < 1.29 is 19.7 Å². The van der Waals surface area contributed by atoms with Crippen LogP contribution in [-0.4, -0.2) is 48.3 Å². The normalized spacial score (nSPS) is 10.1. The number of amides is 1. The Morgan fingerprint density at radius 1 is 1.44 bits per heavy atom. The van der Waals surface area contributed by atoms with Crippen molar-refractivity contribution in [2.75, 3.05) is 27.3 Å². The maximum absolute atomic E-state index is 11.8. The van der Waals surface area contributed by atoms with Crippen LogP contribution < -0.4 is 0 Å². The average Bonchev–Trinajstić information content (AvgIpc) is 2.28. The third kappa shape index (κ3) is 2.64. The summed E-state index contributed by atoms with van der Waals surface area (Å²) in [6.45, 7) is 0.840. The molecule has 0 saturated heterocycles. The zero-order chi connectivity index (χ0) is 12.1. The quantitative estimate of drug-likeness (QED) is 0.744. The minimum atomic E-state index is -0.392. The minimum absolute atomic E-state index is 0.0820. The first-order chi connectivity index (χ1) is 7.57. The van der Waals surface area contributed by atoms with Gasteiger partial charge in [-0.05, 0) is 12.1 Å². The number of phenolic OH excluding ortho intramolecular Hbond substituents is 2. The Bertz CT molecular complexity index is 378. The van der Waals surface area contributed by atoms with Gasteiger partial charge in [-0.25, -0.2) is 0 Å². The lowest BCUT2D eigenvalue weighted by Crippen LogP contribution is -2.29. The van der Waals surface area contributed by atoms with Gasteiger partial charge >= 0.3 is 0 Å². The fourth-order valence-corrected chi connectivity index (χ4v) is 1.24. The third-order valence-electron chi connectivity index (χ3n) is 2.22. The van der Waals surface area contributed by atoms with E-state index in [1.807, 2.05) is 0 Å². The van der Waals surface area contributed by atoms with Crippen molar-refractivity contribution in [1.29, 1.82) is 0 Å². The first-order valence-corrected chi connectivity index (χ1v) is 4.83. The number of methoxy groups -OCH3 is 1. The molecule has 16 heavy (non-hydrogen) atoms. The maximum Gasteiger partial charge on any atom is 0.257 e. The molecule has 0 fully saturated rings. The number of likely N-dealkylation sites (N-methyl/N-ethyl adjacent to an activating group) is 1. The molecule has 0 heterocycles. The van der Waals surface area contributed by atoms with Crippen LogP contribution in [0.15, 0.2) is 18.2 Å². The Balaban J connectivity index is 2.84. The van der Waals surface area contributed by atoms with Gasteiger partial charge in [0.2, 0.25) is 0 Å². The Kier molecular flexibility index (Phi) is 4.13. The van der Waals surface area contributed by atoms with Crippen LogP contribution in [-0.2, 0) is 4.74 Å². The average molecular weight is 225 g/mol. The molecule has 0 aliphatic rings. The number of carbonyl (C=O) groups is 1. The highest BCUT2D eigenvalue weighted by Crippen LogP contribution is 2.28. The topological polar surface area (TPSA) is 70.0 Å². The molecule has 0 radical (unpaired) electrons. The lowest BCUT2D eigenvalue weighted by Gasteiger charge is -2.17. The van der Waals surface area contributed by atoms with Crippen LogP contribution in [0.25, 0.3) is 0 Å². The summed E-state index contributed by atoms with van der Waals surface area (Å²) in [4.78, 5) is 13.2. The predicted molar refractivity (Wildman–Crippen MR) is 58.6 cm³/mol. The van der Waals surface area contributed by atoms with Crippen LogP contribution in [0.2, 0.25) is 0 Å². The highest BCUT2D eigenvalue weighted by molar-refractivity contribution is 5.97. The summed E-state index contributed by atoms with van der Waals surface area (Å²) in [5, 5.41) is 18.8. The van der Waals surface area contributed by atoms with Gasteiger partial charge in [-0.2, -0.15) is 0 Å². The summed E-state index contributed by atoms with van der Waals surface area (Å²) in [7, 11) is 3.15. The summed E-state index contributed by atoms with van der Waals surface area (Å²) in [6.07, 6.45) is 0. The Morgan fingerprint density at radius 2 is 2.12 bits per heavy atom. The van der Waals surface area contributed by atoms with Gasteiger partial charge in [0.15, 0.2) is 11.5 Å². The van der Waals surface area contributed by atoms with Crippen LogP contribution in [0.4, 0.5) is 0 Å². The number of hydrogen-bond donors (Lipinski definition) is 2. The first kappa shape index (κ1) is 12.3. The van der Waals surface area contributed by atoms with E-state index in [1.165, 1.54) is 23.1 Å². The molecule has 5 heteroatoms. The zero-order valence-electron chi connectivity index (χ0n) is 9.30. The molecule has 5 nitrogen and oxygen atoms in total. The van der Waals surface area contributed by atoms with E-state index in [0.717, 1.165) is 0 Å². The summed E-state index contributed by atoms with van der Waals surface area (Å²) < 4.78 is 4.85. The van der Waals surface area contributed by atoms with Crippen LogP contribution in [0.1, 0.15) is 10.4 Å². The van der Waals surface area contributed by atoms with E-state index in [1.54, 1.807) is 14.2 Å². The van der Waals surface area contributed by atoms with Crippen LogP contribution >= 0.6 is 0 Å². The number of rotatable bonds is 4. The second-order valence-corrected chi connectivity index (χ2v) is 3.39. The molecule has 0 aromatic heterocycles. The van der Waals surface area contributed by atoms with Crippen molar-refractivity contribution in [1.82, 2.24) is 4.90 Å². The van der Waals surface area contributed by atoms with Crippen LogP contribution in [0.3, 0.4) is 0 Å². The lowest BCUT2D eigenvalue weighted by molar-refractivity contribution is 0.0740. The van der Waals surface area contributed by atoms with Gasteiger partial charge in [0, 0.05) is 20.7 Å². The van der Waals surface area contributed by atoms with Crippen LogP contribution in [0.5, 0.6) is 11.5 Å². The fraction of sp³-hybridized carbons (Fsp3) is 0.364. The molecular weight excluding hydrogens is 210 g/mol. The predicted octanol–water partition coefficient (Wildman–Crippen LogP) is 0.816. The van der Waals surface area contributed by atoms with Crippen molar-refractivity contribution in [3.8, 4) is 11.5 Å². The van der Waals surface area contributed by atoms with E-state index in [2.05, 4.69) is 0 Å². The van der Waals surface area contributed by atoms with Gasteiger partial charge in [0.05, 0.1) is 12.2 Å². The van der Waals surface area contributed by atoms with Gasteiger partial charge in [-0.1, -0.05) is 6.07 Å². The van der Waals surface area contributed by atoms with Crippen molar-refractivity contribution in [3.63, 3.8) is 0 Å². The highest BCUT2D eigenvalue weighted by Gasteiger charge is 2.17. The van der Waals surface area contributed by atoms with E-state index >= 15 is 0 Å². The number of nitrogens with zero attached hydrogens (tertiary/aromatic N) is 1. The van der Waals surface area contributed by atoms with Crippen molar-refractivity contribution in [2.24, 2.45) is 0 Å². The number of para-hydroxylation sites is 1. The van der Waals surface area contributed by atoms with E-state index in [-0.39, 0.29) is 17.2 Å². The monoisotopic (exact) mass is 225 g/mol. The molecule has 0 bridgehead atoms. The molecule has 0 aliphatic heterocycles. The summed E-state index contributed by atoms with van der Waals surface area (Å²) in [5.41, 5.74) is 0.0820. The molecular formula is C11H15NO4. The third-order valence-corrected chi connectivity index (χ3v) is 2.22. The molecule has 0 atom stereocenters. The van der Waals surface area contributed by atoms with E-state index < -0.39 is 5.75 Å². The van der Waals surface area contributed by atoms with Crippen LogP contribution in [0, 0.1) is 0 Å². The van der Waals surface area contributed by atoms with Gasteiger partial charge in [0.25, 0.3) is 5.91 Å². The zero-order valence-corrected chi connectivity index (χ0v) is 9.30. The number of aromatic hydroxyl groups is 2. The molecule has 1 rings (SSSR count). The Morgan fingerprint density at radius 3 is 2.75 bits per heavy atom. The number of ether oxygens (including phenoxy) is 1. The Labute approximate surface area is 93.9 Å². The SMILES string of the molecule is COCCN(C)C(=O)c1cccc(O)c1O. The van der Waals surface area contributed by atoms with Gasteiger partial charge in [0.1, 0.15) is 0 Å². The van der Waals surface area contributed by atoms with E-state index in [4.69, 9.17) is 4.74 Å². The van der Waals surface area contributed by atoms with E-state index in [0.29, 0.717) is 13.2 Å². The molecule has 0 unspecified atom stereocenters. The molecule has 0 spiro atoms. The standard InChI is InChI=1S/C11H15NO4/c1-12(6-7-16-2)11(15)8-4-3-5-9(13)10(8)14/h3-5,13-14H,6-7H2,1-2H3. The largest absolute Gasteiger partial charge is 0.504 e. The van der Waals surface area contributed by atoms with Crippen molar-refractivity contribution in [2.45, 2.75) is 0 Å². The van der Waals surface area contributed by atoms with Gasteiger partial charge in [-0.15, -0.1) is 0 Å². The molecule has 1 amide bonds. The first-order valence-electron chi connectivity index (χ1n) is 4.83. The Hall–Kier alpha value is -1.75. The highest BCUT2D eigenvalue weighted by atomic mass is 16.5. The molecule has 2 N–H and O–H groups in total. The molecule has 1 aromatic carbocycles. The maximum atomic E-state index is 11.8. The van der Waals surface area contributed by atoms with E-state index in [9.17, 15) is 15.0 Å². The molecule has 0 saturated carbocycles. The minimum Gasteiger partial charge on any atom is -0.504 e. The molecule has 0 aliphatic carbocycles. The smallest absolute Gasteiger partial charge is 0.257 e. The van der Waals surface area contributed by atoms with Gasteiger partial charge in [-0.3, -0.25) is 4.79 Å². The number of carbonyl (C=O) groups excluding carboxylic acids is 1.